The van der Waals surface area contributed by atoms with Crippen LogP contribution >= 0.6 is 0 Å². The van der Waals surface area contributed by atoms with Gasteiger partial charge in [-0.2, -0.15) is 0 Å². The molecule has 0 radical (unpaired) electrons. The Morgan fingerprint density at radius 1 is 0.917 bits per heavy atom. The van der Waals surface area contributed by atoms with Gasteiger partial charge in [-0.3, -0.25) is 24.2 Å². The van der Waals surface area contributed by atoms with Crippen molar-refractivity contribution < 1.29 is 115 Å². The van der Waals surface area contributed by atoms with Crippen LogP contribution in [0.1, 0.15) is 6.92 Å². The number of rotatable bonds is 11. The molecular weight excluding hydrogens is 477 g/mol. The number of hydrogen-bond donors (Lipinski definition) is 3. The molecule has 13 heteroatoms. The average molecular weight is 497 g/mol. The van der Waals surface area contributed by atoms with Gasteiger partial charge in [0.2, 0.25) is 0 Å². The van der Waals surface area contributed by atoms with E-state index in [1.807, 2.05) is 0 Å². The predicted octanol–water partition coefficient (Wildman–Crippen LogP) is -6.84. The molecule has 0 bridgehead atoms. The maximum atomic E-state index is 10.7. The maximum absolute atomic E-state index is 10.7. The predicted molar refractivity (Wildman–Crippen MR) is 69.0 cm³/mol. The SMILES string of the molecule is C[C@H](CN(CC(=O)O)CC(=O)O)N(CC(=O)[O-])CC(=O)O.O.[Na+].[Sm]. The fourth-order valence-corrected chi connectivity index (χ4v) is 1.76. The summed E-state index contributed by atoms with van der Waals surface area (Å²) in [5, 5.41) is 36.7. The zero-order valence-corrected chi connectivity index (χ0v) is 17.9. The van der Waals surface area contributed by atoms with Crippen LogP contribution in [0.25, 0.3) is 0 Å². The third-order valence-corrected chi connectivity index (χ3v) is 2.53. The first-order valence-electron chi connectivity index (χ1n) is 5.93. The molecule has 0 heterocycles. The van der Waals surface area contributed by atoms with E-state index in [2.05, 4.69) is 0 Å². The largest absolute Gasteiger partial charge is 1.00 e. The van der Waals surface area contributed by atoms with Crippen LogP contribution in [0.2, 0.25) is 0 Å². The summed E-state index contributed by atoms with van der Waals surface area (Å²) >= 11 is 0. The van der Waals surface area contributed by atoms with Crippen LogP contribution < -0.4 is 34.7 Å². The van der Waals surface area contributed by atoms with Gasteiger partial charge >= 0.3 is 47.5 Å². The van der Waals surface area contributed by atoms with Gasteiger partial charge in [-0.25, -0.2) is 0 Å². The first-order valence-corrected chi connectivity index (χ1v) is 5.93. The number of carboxylic acid groups (broad SMARTS) is 4. The average Bonchev–Trinajstić information content (AvgIpc) is 2.24. The van der Waals surface area contributed by atoms with Crippen LogP contribution in [-0.2, 0) is 19.2 Å². The Bertz CT molecular complexity index is 392. The second kappa shape index (κ2) is 16.6. The van der Waals surface area contributed by atoms with Gasteiger partial charge in [0.1, 0.15) is 0 Å². The summed E-state index contributed by atoms with van der Waals surface area (Å²) in [5.74, 6) is -5.22. The second-order valence-electron chi connectivity index (χ2n) is 4.48. The summed E-state index contributed by atoms with van der Waals surface area (Å²) in [6.07, 6.45) is 0. The van der Waals surface area contributed by atoms with Gasteiger partial charge in [0.15, 0.2) is 0 Å². The van der Waals surface area contributed by atoms with Gasteiger partial charge < -0.3 is 30.7 Å². The van der Waals surface area contributed by atoms with Crippen molar-refractivity contribution in [3.05, 3.63) is 0 Å². The molecule has 0 amide bonds. The van der Waals surface area contributed by atoms with Crippen LogP contribution in [0.3, 0.4) is 0 Å². The Kier molecular flexibility index (Phi) is 22.0. The third kappa shape index (κ3) is 16.9. The molecule has 0 aromatic heterocycles. The van der Waals surface area contributed by atoms with E-state index in [1.54, 1.807) is 0 Å². The molecule has 0 aromatic rings. The van der Waals surface area contributed by atoms with E-state index in [-0.39, 0.29) is 82.0 Å². The zero-order chi connectivity index (χ0) is 16.6. The van der Waals surface area contributed by atoms with Gasteiger partial charge in [-0.05, 0) is 6.92 Å². The van der Waals surface area contributed by atoms with Gasteiger partial charge in [0, 0.05) is 59.5 Å². The molecule has 0 spiro atoms. The standard InChI is InChI=1S/C11H18N2O8.Na.H2O.Sm/c1-7(13(5-10(18)19)6-11(20)21)2-12(3-8(14)15)4-9(16)17;;;/h7H,2-6H2,1H3,(H,14,15)(H,16,17)(H,18,19)(H,20,21);;1H2;/q;+1;;/p-1/t7-;;;/m1.../s1. The normalized spacial score (nSPS) is 10.8. The fourth-order valence-electron chi connectivity index (χ4n) is 1.76. The van der Waals surface area contributed by atoms with E-state index in [1.165, 1.54) is 6.92 Å². The first kappa shape index (κ1) is 31.8. The summed E-state index contributed by atoms with van der Waals surface area (Å²) < 4.78 is 0. The summed E-state index contributed by atoms with van der Waals surface area (Å²) in [7, 11) is 0. The molecule has 0 saturated heterocycles. The molecule has 0 aliphatic carbocycles. The van der Waals surface area contributed by atoms with Crippen molar-refractivity contribution in [2.45, 2.75) is 13.0 Å². The third-order valence-electron chi connectivity index (χ3n) is 2.53. The molecule has 24 heavy (non-hydrogen) atoms. The summed E-state index contributed by atoms with van der Waals surface area (Å²) in [6.45, 7) is -0.974. The van der Waals surface area contributed by atoms with Crippen molar-refractivity contribution in [2.75, 3.05) is 32.7 Å². The number of carbonyl (C=O) groups excluding carboxylic acids is 1. The van der Waals surface area contributed by atoms with Crippen molar-refractivity contribution in [1.82, 2.24) is 9.80 Å². The number of carboxylic acids is 4. The molecule has 0 saturated carbocycles. The van der Waals surface area contributed by atoms with E-state index in [9.17, 15) is 24.3 Å². The quantitative estimate of drug-likeness (QED) is 0.232. The summed E-state index contributed by atoms with van der Waals surface area (Å²) in [5.41, 5.74) is 0. The molecule has 1 atom stereocenters. The number of carbonyl (C=O) groups is 4. The molecule has 0 unspecified atom stereocenters. The van der Waals surface area contributed by atoms with Gasteiger partial charge in [-0.15, -0.1) is 0 Å². The topological polar surface area (TPSA) is 190 Å². The zero-order valence-electron chi connectivity index (χ0n) is 13.3. The Morgan fingerprint density at radius 3 is 1.58 bits per heavy atom. The Morgan fingerprint density at radius 2 is 1.29 bits per heavy atom. The van der Waals surface area contributed by atoms with Crippen LogP contribution in [0.15, 0.2) is 0 Å². The first-order chi connectivity index (χ1) is 9.61. The van der Waals surface area contributed by atoms with Gasteiger partial charge in [-0.1, -0.05) is 0 Å². The molecule has 0 aromatic carbocycles. The molecular formula is C11H19N2NaO9Sm. The maximum Gasteiger partial charge on any atom is 1.00 e. The van der Waals surface area contributed by atoms with Crippen molar-refractivity contribution in [3.8, 4) is 0 Å². The van der Waals surface area contributed by atoms with Crippen LogP contribution in [0.4, 0.5) is 0 Å². The number of aliphatic carboxylic acids is 4. The minimum absolute atomic E-state index is 0. The van der Waals surface area contributed by atoms with E-state index < -0.39 is 56.1 Å². The van der Waals surface area contributed by atoms with Crippen LogP contribution in [0.5, 0.6) is 0 Å². The molecule has 0 aliphatic heterocycles. The van der Waals surface area contributed by atoms with Crippen LogP contribution in [0, 0.1) is 40.4 Å². The fraction of sp³-hybridized carbons (Fsp3) is 0.636. The van der Waals surface area contributed by atoms with E-state index >= 15 is 0 Å². The van der Waals surface area contributed by atoms with Crippen LogP contribution in [-0.4, -0.2) is 93.2 Å². The van der Waals surface area contributed by atoms with Crippen molar-refractivity contribution >= 4 is 23.9 Å². The molecule has 134 valence electrons. The molecule has 11 nitrogen and oxygen atoms in total. The van der Waals surface area contributed by atoms with Gasteiger partial charge in [0.05, 0.1) is 25.6 Å². The van der Waals surface area contributed by atoms with Crippen molar-refractivity contribution in [2.24, 2.45) is 0 Å². The second-order valence-corrected chi connectivity index (χ2v) is 4.48. The van der Waals surface area contributed by atoms with E-state index in [0.717, 1.165) is 9.80 Å². The smallest absolute Gasteiger partial charge is 0.549 e. The van der Waals surface area contributed by atoms with Gasteiger partial charge in [0.25, 0.3) is 0 Å². The minimum Gasteiger partial charge on any atom is -0.549 e. The number of nitrogens with zero attached hydrogens (tertiary/aromatic N) is 2. The monoisotopic (exact) mass is 498 g/mol. The Labute approximate surface area is 192 Å². The molecule has 5 N–H and O–H groups in total. The molecule has 0 rings (SSSR count). The number of hydrogen-bond acceptors (Lipinski definition) is 7. The van der Waals surface area contributed by atoms with E-state index in [0.29, 0.717) is 0 Å². The van der Waals surface area contributed by atoms with E-state index in [4.69, 9.17) is 15.3 Å². The Balaban J connectivity index is -0.000000667. The Hall–Kier alpha value is 0.0977. The summed E-state index contributed by atoms with van der Waals surface area (Å²) in [6, 6.07) is -0.683. The molecule has 0 aliphatic rings. The van der Waals surface area contributed by atoms with Crippen molar-refractivity contribution in [3.63, 3.8) is 0 Å². The molecule has 0 fully saturated rings. The summed E-state index contributed by atoms with van der Waals surface area (Å²) in [4.78, 5) is 44.7. The van der Waals surface area contributed by atoms with Crippen molar-refractivity contribution in [1.29, 1.82) is 0 Å². The minimum atomic E-state index is -1.48.